The number of carbonyl (C=O) groups excluding carboxylic acids is 2. The summed E-state index contributed by atoms with van der Waals surface area (Å²) in [5.41, 5.74) is 0.544. The minimum Gasteiger partial charge on any atom is -0.486 e. The number of fused-ring (bicyclic) bond motifs is 1. The van der Waals surface area contributed by atoms with E-state index >= 15 is 0 Å². The minimum absolute atomic E-state index is 0.0670. The number of ether oxygens (including phenoxy) is 2. The topological polar surface area (TPSA) is 77.0 Å². The van der Waals surface area contributed by atoms with E-state index < -0.39 is 11.9 Å². The number of carbonyl (C=O) groups is 2. The average molecular weight is 232 g/mol. The number of nitrogens with one attached hydrogen (secondary N) is 1. The van der Waals surface area contributed by atoms with Crippen molar-refractivity contribution in [3.63, 3.8) is 0 Å². The average Bonchev–Trinajstić information content (AvgIpc) is 2.68. The second-order valence-electron chi connectivity index (χ2n) is 3.55. The summed E-state index contributed by atoms with van der Waals surface area (Å²) in [5, 5.41) is 2.09. The molecule has 6 heteroatoms. The highest BCUT2D eigenvalue weighted by atomic mass is 16.6. The highest BCUT2D eigenvalue weighted by molar-refractivity contribution is 6.52. The lowest BCUT2D eigenvalue weighted by molar-refractivity contribution is -0.113. The van der Waals surface area contributed by atoms with Gasteiger partial charge in [0.2, 0.25) is 0 Å². The van der Waals surface area contributed by atoms with Gasteiger partial charge in [-0.25, -0.2) is 4.79 Å². The van der Waals surface area contributed by atoms with Crippen molar-refractivity contribution in [2.45, 2.75) is 0 Å². The molecule has 0 radical (unpaired) electrons. The van der Waals surface area contributed by atoms with Crippen LogP contribution in [0.1, 0.15) is 5.56 Å². The van der Waals surface area contributed by atoms with Gasteiger partial charge in [-0.1, -0.05) is 6.07 Å². The van der Waals surface area contributed by atoms with Gasteiger partial charge in [0.15, 0.2) is 11.5 Å². The van der Waals surface area contributed by atoms with Gasteiger partial charge >= 0.3 is 6.03 Å². The normalized spacial score (nSPS) is 17.8. The van der Waals surface area contributed by atoms with Gasteiger partial charge in [0.05, 0.1) is 5.56 Å². The first-order valence-corrected chi connectivity index (χ1v) is 5.09. The number of benzene rings is 1. The van der Waals surface area contributed by atoms with E-state index in [2.05, 4.69) is 10.3 Å². The summed E-state index contributed by atoms with van der Waals surface area (Å²) in [6.45, 7) is 0.876. The molecule has 17 heavy (non-hydrogen) atoms. The zero-order valence-corrected chi connectivity index (χ0v) is 8.73. The van der Waals surface area contributed by atoms with Gasteiger partial charge in [0, 0.05) is 0 Å². The third kappa shape index (κ3) is 1.54. The molecule has 3 rings (SSSR count). The summed E-state index contributed by atoms with van der Waals surface area (Å²) in [4.78, 5) is 26.2. The second-order valence-corrected chi connectivity index (χ2v) is 3.55. The first kappa shape index (κ1) is 9.83. The Bertz CT molecular complexity index is 550. The van der Waals surface area contributed by atoms with Crippen molar-refractivity contribution in [2.75, 3.05) is 13.2 Å². The smallest absolute Gasteiger partial charge is 0.348 e. The van der Waals surface area contributed by atoms with Crippen LogP contribution < -0.4 is 14.8 Å². The van der Waals surface area contributed by atoms with Crippen LogP contribution >= 0.6 is 0 Å². The maximum atomic E-state index is 11.5. The first-order chi connectivity index (χ1) is 8.25. The lowest BCUT2D eigenvalue weighted by Crippen LogP contribution is -2.26. The van der Waals surface area contributed by atoms with Crippen molar-refractivity contribution in [3.05, 3.63) is 23.8 Å². The number of rotatable bonds is 1. The molecule has 1 N–H and O–H groups in total. The van der Waals surface area contributed by atoms with Crippen LogP contribution in [0.2, 0.25) is 0 Å². The van der Waals surface area contributed by atoms with E-state index in [1.165, 1.54) is 0 Å². The van der Waals surface area contributed by atoms with Gasteiger partial charge in [-0.05, 0) is 12.1 Å². The number of nitrogens with zero attached hydrogens (tertiary/aromatic N) is 1. The number of aliphatic imine (C=N–C) groups is 1. The molecule has 0 bridgehead atoms. The number of imide groups is 1. The fraction of sp³-hybridized carbons (Fsp3) is 0.182. The van der Waals surface area contributed by atoms with Crippen LogP contribution in [-0.4, -0.2) is 30.9 Å². The Morgan fingerprint density at radius 2 is 2.00 bits per heavy atom. The first-order valence-electron chi connectivity index (χ1n) is 5.09. The van der Waals surface area contributed by atoms with Gasteiger partial charge in [0.25, 0.3) is 5.91 Å². The Labute approximate surface area is 96.2 Å². The Hall–Kier alpha value is -2.37. The van der Waals surface area contributed by atoms with Crippen molar-refractivity contribution < 1.29 is 19.1 Å². The molecule has 1 aromatic rings. The molecular weight excluding hydrogens is 224 g/mol. The SMILES string of the molecule is O=C1N=C(c2cccc3c2OCCO3)C(=O)N1. The van der Waals surface area contributed by atoms with Gasteiger partial charge in [-0.2, -0.15) is 4.99 Å². The number of hydrogen-bond donors (Lipinski definition) is 1. The number of para-hydroxylation sites is 1. The van der Waals surface area contributed by atoms with Gasteiger partial charge < -0.3 is 9.47 Å². The molecule has 0 saturated carbocycles. The number of amides is 3. The quantitative estimate of drug-likeness (QED) is 0.764. The van der Waals surface area contributed by atoms with Crippen LogP contribution in [0.5, 0.6) is 11.5 Å². The van der Waals surface area contributed by atoms with E-state index in [1.807, 2.05) is 0 Å². The maximum absolute atomic E-state index is 11.5. The molecule has 1 aromatic carbocycles. The Kier molecular flexibility index (Phi) is 2.07. The van der Waals surface area contributed by atoms with E-state index in [0.717, 1.165) is 0 Å². The zero-order valence-electron chi connectivity index (χ0n) is 8.73. The van der Waals surface area contributed by atoms with Crippen molar-refractivity contribution in [1.82, 2.24) is 5.32 Å². The molecule has 0 aliphatic carbocycles. The molecule has 0 aromatic heterocycles. The molecule has 0 atom stereocenters. The Balaban J connectivity index is 2.12. The molecular formula is C11H8N2O4. The molecule has 0 unspecified atom stereocenters. The van der Waals surface area contributed by atoms with E-state index in [1.54, 1.807) is 18.2 Å². The molecule has 0 saturated heterocycles. The third-order valence-electron chi connectivity index (χ3n) is 2.47. The van der Waals surface area contributed by atoms with Crippen molar-refractivity contribution in [3.8, 4) is 11.5 Å². The number of hydrogen-bond acceptors (Lipinski definition) is 4. The van der Waals surface area contributed by atoms with Crippen LogP contribution in [0.4, 0.5) is 4.79 Å². The van der Waals surface area contributed by atoms with E-state index in [9.17, 15) is 9.59 Å². The second kappa shape index (κ2) is 3.58. The van der Waals surface area contributed by atoms with Crippen molar-refractivity contribution >= 4 is 17.6 Å². The van der Waals surface area contributed by atoms with E-state index in [4.69, 9.17) is 9.47 Å². The molecule has 2 heterocycles. The fourth-order valence-electron chi connectivity index (χ4n) is 1.78. The lowest BCUT2D eigenvalue weighted by Gasteiger charge is -2.20. The zero-order chi connectivity index (χ0) is 11.8. The largest absolute Gasteiger partial charge is 0.486 e. The summed E-state index contributed by atoms with van der Waals surface area (Å²) in [6, 6.07) is 4.48. The van der Waals surface area contributed by atoms with Gasteiger partial charge in [0.1, 0.15) is 18.9 Å². The van der Waals surface area contributed by atoms with Crippen LogP contribution in [0.3, 0.4) is 0 Å². The van der Waals surface area contributed by atoms with Gasteiger partial charge in [-0.3, -0.25) is 10.1 Å². The van der Waals surface area contributed by atoms with Crippen LogP contribution in [-0.2, 0) is 4.79 Å². The third-order valence-corrected chi connectivity index (χ3v) is 2.47. The Morgan fingerprint density at radius 1 is 1.18 bits per heavy atom. The van der Waals surface area contributed by atoms with E-state index in [-0.39, 0.29) is 5.71 Å². The summed E-state index contributed by atoms with van der Waals surface area (Å²) in [5.74, 6) is 0.503. The van der Waals surface area contributed by atoms with E-state index in [0.29, 0.717) is 30.3 Å². The summed E-state index contributed by atoms with van der Waals surface area (Å²) in [6.07, 6.45) is 0. The molecule has 3 amide bonds. The molecule has 0 spiro atoms. The Morgan fingerprint density at radius 3 is 2.76 bits per heavy atom. The highest BCUT2D eigenvalue weighted by Crippen LogP contribution is 2.34. The molecule has 2 aliphatic heterocycles. The maximum Gasteiger partial charge on any atom is 0.348 e. The van der Waals surface area contributed by atoms with Crippen LogP contribution in [0.15, 0.2) is 23.2 Å². The number of urea groups is 1. The summed E-state index contributed by atoms with van der Waals surface area (Å²) in [7, 11) is 0. The van der Waals surface area contributed by atoms with Crippen molar-refractivity contribution in [2.24, 2.45) is 4.99 Å². The molecule has 86 valence electrons. The minimum atomic E-state index is -0.653. The standard InChI is InChI=1S/C11H8N2O4/c14-10-8(12-11(15)13-10)6-2-1-3-7-9(6)17-5-4-16-7/h1-3H,4-5H2,(H,13,14,15). The summed E-state index contributed by atoms with van der Waals surface area (Å²) >= 11 is 0. The van der Waals surface area contributed by atoms with Gasteiger partial charge in [-0.15, -0.1) is 0 Å². The monoisotopic (exact) mass is 232 g/mol. The molecule has 0 fully saturated rings. The lowest BCUT2D eigenvalue weighted by atomic mass is 10.1. The van der Waals surface area contributed by atoms with Crippen LogP contribution in [0.25, 0.3) is 0 Å². The predicted octanol–water partition coefficient (Wildman–Crippen LogP) is 0.497. The summed E-state index contributed by atoms with van der Waals surface area (Å²) < 4.78 is 10.8. The van der Waals surface area contributed by atoms with Crippen LogP contribution in [0, 0.1) is 0 Å². The highest BCUT2D eigenvalue weighted by Gasteiger charge is 2.29. The van der Waals surface area contributed by atoms with Crippen molar-refractivity contribution in [1.29, 1.82) is 0 Å². The molecule has 6 nitrogen and oxygen atoms in total. The fourth-order valence-corrected chi connectivity index (χ4v) is 1.78. The predicted molar refractivity (Wildman–Crippen MR) is 57.5 cm³/mol. The molecule has 2 aliphatic rings.